The first-order valence-corrected chi connectivity index (χ1v) is 4.58. The molecule has 2 rings (SSSR count). The van der Waals surface area contributed by atoms with Crippen LogP contribution in [0.15, 0.2) is 24.7 Å². The molecular weight excluding hydrogens is 200 g/mol. The minimum absolute atomic E-state index is 0.226. The molecule has 0 spiro atoms. The lowest BCUT2D eigenvalue weighted by atomic mass is 10.2. The molecular formula is C8H6N4OS. The highest BCUT2D eigenvalue weighted by Crippen LogP contribution is 2.21. The fraction of sp³-hybridized carbons (Fsp3) is 0. The number of hydrogen-bond donors (Lipinski definition) is 1. The predicted octanol–water partition coefficient (Wildman–Crippen LogP) is 0.699. The molecule has 1 amide bonds. The molecule has 0 aromatic carbocycles. The molecule has 0 saturated heterocycles. The average molecular weight is 206 g/mol. The molecule has 0 aliphatic carbocycles. The van der Waals surface area contributed by atoms with Crippen molar-refractivity contribution >= 4 is 17.4 Å². The van der Waals surface area contributed by atoms with Crippen LogP contribution in [0.1, 0.15) is 10.5 Å². The number of carbonyl (C=O) groups is 1. The Hall–Kier alpha value is -1.82. The first kappa shape index (κ1) is 8.76. The molecule has 14 heavy (non-hydrogen) atoms. The fourth-order valence-electron chi connectivity index (χ4n) is 1.07. The Morgan fingerprint density at radius 2 is 2.29 bits per heavy atom. The lowest BCUT2D eigenvalue weighted by Gasteiger charge is -1.99. The second kappa shape index (κ2) is 3.51. The first-order valence-electron chi connectivity index (χ1n) is 3.81. The van der Waals surface area contributed by atoms with Crippen molar-refractivity contribution in [3.8, 4) is 10.6 Å². The second-order valence-corrected chi connectivity index (χ2v) is 3.29. The van der Waals surface area contributed by atoms with E-state index >= 15 is 0 Å². The number of primary amides is 1. The van der Waals surface area contributed by atoms with E-state index in [4.69, 9.17) is 5.73 Å². The van der Waals surface area contributed by atoms with Crippen LogP contribution in [0, 0.1) is 0 Å². The first-order chi connectivity index (χ1) is 6.79. The molecule has 2 heterocycles. The summed E-state index contributed by atoms with van der Waals surface area (Å²) in [5, 5.41) is 0.645. The number of carbonyl (C=O) groups excluding carboxylic acids is 1. The van der Waals surface area contributed by atoms with E-state index in [-0.39, 0.29) is 5.69 Å². The van der Waals surface area contributed by atoms with Gasteiger partial charge in [0.2, 0.25) is 0 Å². The van der Waals surface area contributed by atoms with Crippen LogP contribution in [-0.2, 0) is 0 Å². The molecule has 70 valence electrons. The van der Waals surface area contributed by atoms with Gasteiger partial charge in [0.25, 0.3) is 5.91 Å². The minimum Gasteiger partial charge on any atom is -0.364 e. The van der Waals surface area contributed by atoms with Gasteiger partial charge in [-0.05, 0) is 23.7 Å². The Balaban J connectivity index is 2.58. The zero-order chi connectivity index (χ0) is 9.97. The largest absolute Gasteiger partial charge is 0.364 e. The van der Waals surface area contributed by atoms with E-state index in [0.717, 1.165) is 0 Å². The van der Waals surface area contributed by atoms with Crippen LogP contribution >= 0.6 is 11.5 Å². The van der Waals surface area contributed by atoms with Gasteiger partial charge in [0, 0.05) is 11.8 Å². The minimum atomic E-state index is -0.559. The highest BCUT2D eigenvalue weighted by atomic mass is 32.1. The number of rotatable bonds is 2. The lowest BCUT2D eigenvalue weighted by molar-refractivity contribution is 0.0996. The third-order valence-electron chi connectivity index (χ3n) is 1.63. The number of nitrogens with zero attached hydrogens (tertiary/aromatic N) is 3. The molecule has 0 fully saturated rings. The number of amides is 1. The molecule has 2 aromatic rings. The topological polar surface area (TPSA) is 81.8 Å². The molecule has 0 unspecified atom stereocenters. The van der Waals surface area contributed by atoms with Crippen molar-refractivity contribution in [1.82, 2.24) is 14.3 Å². The monoisotopic (exact) mass is 206 g/mol. The van der Waals surface area contributed by atoms with Crippen LogP contribution in [0.25, 0.3) is 10.6 Å². The summed E-state index contributed by atoms with van der Waals surface area (Å²) in [7, 11) is 0. The maximum Gasteiger partial charge on any atom is 0.268 e. The third-order valence-corrected chi connectivity index (χ3v) is 2.33. The quantitative estimate of drug-likeness (QED) is 0.784. The van der Waals surface area contributed by atoms with Gasteiger partial charge in [0.15, 0.2) is 0 Å². The summed E-state index contributed by atoms with van der Waals surface area (Å²) in [6.07, 6.45) is 2.95. The van der Waals surface area contributed by atoms with Crippen LogP contribution in [0.2, 0.25) is 0 Å². The van der Waals surface area contributed by atoms with Gasteiger partial charge >= 0.3 is 0 Å². The fourth-order valence-corrected chi connectivity index (χ4v) is 1.62. The van der Waals surface area contributed by atoms with E-state index in [1.54, 1.807) is 12.1 Å². The van der Waals surface area contributed by atoms with Crippen LogP contribution in [0.5, 0.6) is 0 Å². The second-order valence-electron chi connectivity index (χ2n) is 2.51. The average Bonchev–Trinajstić information content (AvgIpc) is 2.70. The van der Waals surface area contributed by atoms with Gasteiger partial charge < -0.3 is 5.73 Å². The van der Waals surface area contributed by atoms with E-state index in [1.165, 1.54) is 24.1 Å². The highest BCUT2D eigenvalue weighted by Gasteiger charge is 2.12. The van der Waals surface area contributed by atoms with E-state index in [2.05, 4.69) is 14.3 Å². The van der Waals surface area contributed by atoms with Crippen molar-refractivity contribution in [3.05, 3.63) is 30.4 Å². The summed E-state index contributed by atoms with van der Waals surface area (Å²) in [6, 6.07) is 3.47. The van der Waals surface area contributed by atoms with Crippen molar-refractivity contribution in [3.63, 3.8) is 0 Å². The number of nitrogens with two attached hydrogens (primary N) is 1. The van der Waals surface area contributed by atoms with Crippen LogP contribution in [0.3, 0.4) is 0 Å². The van der Waals surface area contributed by atoms with E-state index < -0.39 is 5.91 Å². The Morgan fingerprint density at radius 3 is 2.93 bits per heavy atom. The van der Waals surface area contributed by atoms with Crippen molar-refractivity contribution in [2.24, 2.45) is 5.73 Å². The molecule has 6 heteroatoms. The van der Waals surface area contributed by atoms with Gasteiger partial charge in [0.05, 0.1) is 0 Å². The molecule has 0 bridgehead atoms. The van der Waals surface area contributed by atoms with Gasteiger partial charge in [0.1, 0.15) is 17.0 Å². The van der Waals surface area contributed by atoms with Crippen molar-refractivity contribution < 1.29 is 4.79 Å². The zero-order valence-electron chi connectivity index (χ0n) is 7.04. The molecule has 0 atom stereocenters. The highest BCUT2D eigenvalue weighted by molar-refractivity contribution is 7.09. The summed E-state index contributed by atoms with van der Waals surface area (Å²) in [5.41, 5.74) is 6.03. The molecule has 2 N–H and O–H groups in total. The van der Waals surface area contributed by atoms with Crippen molar-refractivity contribution in [2.75, 3.05) is 0 Å². The molecule has 0 aliphatic rings. The van der Waals surface area contributed by atoms with Crippen molar-refractivity contribution in [1.29, 1.82) is 0 Å². The van der Waals surface area contributed by atoms with Gasteiger partial charge in [-0.25, -0.2) is 4.98 Å². The van der Waals surface area contributed by atoms with Gasteiger partial charge in [-0.2, -0.15) is 4.37 Å². The van der Waals surface area contributed by atoms with Crippen LogP contribution in [-0.4, -0.2) is 20.2 Å². The number of pyridine rings is 1. The molecule has 0 saturated carbocycles. The summed E-state index contributed by atoms with van der Waals surface area (Å²) >= 11 is 1.20. The summed E-state index contributed by atoms with van der Waals surface area (Å²) in [4.78, 5) is 18.9. The lowest BCUT2D eigenvalue weighted by Crippen LogP contribution is -2.14. The number of aromatic nitrogens is 3. The zero-order valence-corrected chi connectivity index (χ0v) is 7.86. The summed E-state index contributed by atoms with van der Waals surface area (Å²) in [5.74, 6) is -0.559. The van der Waals surface area contributed by atoms with Gasteiger partial charge in [-0.1, -0.05) is 0 Å². The summed E-state index contributed by atoms with van der Waals surface area (Å²) < 4.78 is 3.85. The van der Waals surface area contributed by atoms with Crippen LogP contribution < -0.4 is 5.73 Å². The predicted molar refractivity (Wildman–Crippen MR) is 51.7 cm³/mol. The maximum absolute atomic E-state index is 11.0. The Morgan fingerprint density at radius 1 is 1.43 bits per heavy atom. The summed E-state index contributed by atoms with van der Waals surface area (Å²) in [6.45, 7) is 0. The Kier molecular flexibility index (Phi) is 2.19. The van der Waals surface area contributed by atoms with E-state index in [9.17, 15) is 4.79 Å². The SMILES string of the molecule is NC(=O)c1ncccc1-c1ncns1. The molecule has 0 aliphatic heterocycles. The smallest absolute Gasteiger partial charge is 0.268 e. The van der Waals surface area contributed by atoms with E-state index in [0.29, 0.717) is 10.6 Å². The van der Waals surface area contributed by atoms with Gasteiger partial charge in [-0.15, -0.1) is 0 Å². The molecule has 5 nitrogen and oxygen atoms in total. The Labute approximate surface area is 83.8 Å². The van der Waals surface area contributed by atoms with Crippen LogP contribution in [0.4, 0.5) is 0 Å². The van der Waals surface area contributed by atoms with Gasteiger partial charge in [-0.3, -0.25) is 9.78 Å². The molecule has 0 radical (unpaired) electrons. The third kappa shape index (κ3) is 1.47. The maximum atomic E-state index is 11.0. The standard InChI is InChI=1S/C8H6N4OS/c9-7(13)6-5(2-1-3-10-6)8-11-4-12-14-8/h1-4H,(H2,9,13). The Bertz CT molecular complexity index is 454. The number of hydrogen-bond acceptors (Lipinski definition) is 5. The van der Waals surface area contributed by atoms with E-state index in [1.807, 2.05) is 0 Å². The normalized spacial score (nSPS) is 10.0. The molecule has 2 aromatic heterocycles. The van der Waals surface area contributed by atoms with Crippen molar-refractivity contribution in [2.45, 2.75) is 0 Å².